The number of carbonyl (C=O) groups is 1. The van der Waals surface area contributed by atoms with Crippen LogP contribution in [0.4, 0.5) is 0 Å². The molecule has 0 saturated carbocycles. The summed E-state index contributed by atoms with van der Waals surface area (Å²) in [5.41, 5.74) is 1.46. The molecule has 0 radical (unpaired) electrons. The van der Waals surface area contributed by atoms with Gasteiger partial charge in [-0.3, -0.25) is 14.2 Å². The summed E-state index contributed by atoms with van der Waals surface area (Å²) in [5, 5.41) is 4.86. The number of esters is 1. The van der Waals surface area contributed by atoms with Gasteiger partial charge >= 0.3 is 5.97 Å². The minimum atomic E-state index is -0.494. The molecule has 142 valence electrons. The molecule has 3 rings (SSSR count). The molecule has 2 heterocycles. The lowest BCUT2D eigenvalue weighted by molar-refractivity contribution is -0.143. The Hall–Kier alpha value is -3.00. The Morgan fingerprint density at radius 1 is 1.15 bits per heavy atom. The lowest BCUT2D eigenvalue weighted by atomic mass is 10.3. The third-order valence-corrected chi connectivity index (χ3v) is 4.07. The molecular weight excluding hydrogens is 348 g/mol. The molecule has 0 N–H and O–H groups in total. The first-order valence-corrected chi connectivity index (χ1v) is 8.84. The zero-order valence-electron chi connectivity index (χ0n) is 15.6. The maximum absolute atomic E-state index is 13.1. The van der Waals surface area contributed by atoms with E-state index in [-0.39, 0.29) is 25.3 Å². The second-order valence-corrected chi connectivity index (χ2v) is 5.89. The van der Waals surface area contributed by atoms with Crippen LogP contribution in [0.2, 0.25) is 0 Å². The van der Waals surface area contributed by atoms with Crippen LogP contribution in [-0.4, -0.2) is 38.5 Å². The van der Waals surface area contributed by atoms with Gasteiger partial charge in [-0.2, -0.15) is 5.10 Å². The van der Waals surface area contributed by atoms with Crippen molar-refractivity contribution < 1.29 is 14.3 Å². The van der Waals surface area contributed by atoms with E-state index in [1.54, 1.807) is 18.5 Å². The first kappa shape index (κ1) is 18.8. The van der Waals surface area contributed by atoms with Gasteiger partial charge in [-0.25, -0.2) is 9.67 Å². The van der Waals surface area contributed by atoms with Crippen LogP contribution >= 0.6 is 0 Å². The molecule has 0 saturated heterocycles. The average molecular weight is 370 g/mol. The van der Waals surface area contributed by atoms with E-state index in [0.29, 0.717) is 29.2 Å². The molecule has 0 aliphatic carbocycles. The van der Waals surface area contributed by atoms with E-state index in [2.05, 4.69) is 10.1 Å². The minimum Gasteiger partial charge on any atom is -0.465 e. The topological polar surface area (TPSA) is 88.2 Å². The molecule has 0 unspecified atom stereocenters. The summed E-state index contributed by atoms with van der Waals surface area (Å²) in [6, 6.07) is 9.46. The van der Waals surface area contributed by atoms with Crippen LogP contribution in [0.25, 0.3) is 16.7 Å². The Bertz CT molecular complexity index is 1010. The Morgan fingerprint density at radius 2 is 1.89 bits per heavy atom. The molecule has 2 aromatic heterocycles. The quantitative estimate of drug-likeness (QED) is 0.591. The van der Waals surface area contributed by atoms with Crippen molar-refractivity contribution in [3.05, 3.63) is 52.2 Å². The van der Waals surface area contributed by atoms with Crippen LogP contribution in [-0.2, 0) is 27.4 Å². The summed E-state index contributed by atoms with van der Waals surface area (Å²) in [5.74, 6) is -0.133. The second kappa shape index (κ2) is 8.13. The van der Waals surface area contributed by atoms with Crippen LogP contribution in [0.15, 0.2) is 35.1 Å². The number of rotatable bonds is 7. The van der Waals surface area contributed by atoms with Gasteiger partial charge < -0.3 is 9.47 Å². The van der Waals surface area contributed by atoms with Gasteiger partial charge in [-0.1, -0.05) is 18.2 Å². The predicted molar refractivity (Wildman–Crippen MR) is 99.8 cm³/mol. The van der Waals surface area contributed by atoms with E-state index in [9.17, 15) is 9.59 Å². The van der Waals surface area contributed by atoms with Crippen molar-refractivity contribution in [1.82, 2.24) is 19.3 Å². The number of aryl methyl sites for hydroxylation is 1. The summed E-state index contributed by atoms with van der Waals surface area (Å²) in [6.45, 7) is 5.93. The number of nitrogens with zero attached hydrogens (tertiary/aromatic N) is 4. The molecule has 27 heavy (non-hydrogen) atoms. The molecule has 8 heteroatoms. The third kappa shape index (κ3) is 3.75. The van der Waals surface area contributed by atoms with Gasteiger partial charge in [-0.15, -0.1) is 0 Å². The van der Waals surface area contributed by atoms with Crippen molar-refractivity contribution in [3.63, 3.8) is 0 Å². The molecule has 0 amide bonds. The van der Waals surface area contributed by atoms with Crippen molar-refractivity contribution in [2.75, 3.05) is 13.2 Å². The lowest BCUT2D eigenvalue weighted by Gasteiger charge is -2.12. The standard InChI is InChI=1S/C19H22N4O4/c1-4-26-12-15-20-18-17(19(25)22(15)11-16(24)27-5-2)13(3)21-23(18)14-9-7-6-8-10-14/h6-10H,4-5,11-12H2,1-3H3. The number of ether oxygens (including phenoxy) is 2. The van der Waals surface area contributed by atoms with E-state index in [0.717, 1.165) is 5.69 Å². The highest BCUT2D eigenvalue weighted by Crippen LogP contribution is 2.18. The first-order chi connectivity index (χ1) is 13.1. The highest BCUT2D eigenvalue weighted by molar-refractivity contribution is 5.79. The van der Waals surface area contributed by atoms with Crippen LogP contribution in [0.3, 0.4) is 0 Å². The number of hydrogen-bond acceptors (Lipinski definition) is 6. The molecule has 0 atom stereocenters. The second-order valence-electron chi connectivity index (χ2n) is 5.89. The number of benzene rings is 1. The molecule has 3 aromatic rings. The SMILES string of the molecule is CCOCc1nc2c(c(C)nn2-c2ccccc2)c(=O)n1CC(=O)OCC. The summed E-state index contributed by atoms with van der Waals surface area (Å²) in [7, 11) is 0. The first-order valence-electron chi connectivity index (χ1n) is 8.84. The van der Waals surface area contributed by atoms with Gasteiger partial charge in [0.05, 0.1) is 18.0 Å². The van der Waals surface area contributed by atoms with Gasteiger partial charge in [-0.05, 0) is 32.9 Å². The largest absolute Gasteiger partial charge is 0.465 e. The van der Waals surface area contributed by atoms with E-state index >= 15 is 0 Å². The zero-order chi connectivity index (χ0) is 19.4. The highest BCUT2D eigenvalue weighted by atomic mass is 16.5. The minimum absolute atomic E-state index is 0.111. The van der Waals surface area contributed by atoms with Gasteiger partial charge in [0.1, 0.15) is 24.4 Å². The van der Waals surface area contributed by atoms with E-state index in [1.165, 1.54) is 4.57 Å². The van der Waals surface area contributed by atoms with Crippen LogP contribution in [0.1, 0.15) is 25.4 Å². The van der Waals surface area contributed by atoms with E-state index in [4.69, 9.17) is 9.47 Å². The Labute approximate surface area is 156 Å². The molecule has 0 aliphatic rings. The van der Waals surface area contributed by atoms with Crippen molar-refractivity contribution in [2.24, 2.45) is 0 Å². The average Bonchev–Trinajstić information content (AvgIpc) is 3.00. The van der Waals surface area contributed by atoms with Crippen LogP contribution in [0, 0.1) is 6.92 Å². The molecule has 0 spiro atoms. The fraction of sp³-hybridized carbons (Fsp3) is 0.368. The van der Waals surface area contributed by atoms with Crippen molar-refractivity contribution in [3.8, 4) is 5.69 Å². The maximum Gasteiger partial charge on any atom is 0.326 e. The molecule has 8 nitrogen and oxygen atoms in total. The van der Waals surface area contributed by atoms with E-state index < -0.39 is 5.97 Å². The smallest absolute Gasteiger partial charge is 0.326 e. The number of hydrogen-bond donors (Lipinski definition) is 0. The molecular formula is C19H22N4O4. The Morgan fingerprint density at radius 3 is 2.56 bits per heavy atom. The molecule has 0 aliphatic heterocycles. The number of para-hydroxylation sites is 1. The van der Waals surface area contributed by atoms with Crippen molar-refractivity contribution >= 4 is 17.0 Å². The van der Waals surface area contributed by atoms with Crippen LogP contribution < -0.4 is 5.56 Å². The summed E-state index contributed by atoms with van der Waals surface area (Å²) < 4.78 is 13.4. The molecule has 0 bridgehead atoms. The monoisotopic (exact) mass is 370 g/mol. The lowest BCUT2D eigenvalue weighted by Crippen LogP contribution is -2.30. The van der Waals surface area contributed by atoms with Gasteiger partial charge in [0.15, 0.2) is 5.65 Å². The number of aromatic nitrogens is 4. The maximum atomic E-state index is 13.1. The summed E-state index contributed by atoms with van der Waals surface area (Å²) >= 11 is 0. The summed E-state index contributed by atoms with van der Waals surface area (Å²) in [6.07, 6.45) is 0. The fourth-order valence-corrected chi connectivity index (χ4v) is 2.86. The van der Waals surface area contributed by atoms with E-state index in [1.807, 2.05) is 37.3 Å². The summed E-state index contributed by atoms with van der Waals surface area (Å²) in [4.78, 5) is 29.7. The normalized spacial score (nSPS) is 11.1. The number of carbonyl (C=O) groups excluding carboxylic acids is 1. The molecule has 1 aromatic carbocycles. The van der Waals surface area contributed by atoms with Gasteiger partial charge in [0.2, 0.25) is 0 Å². The number of fused-ring (bicyclic) bond motifs is 1. The van der Waals surface area contributed by atoms with Gasteiger partial charge in [0, 0.05) is 6.61 Å². The zero-order valence-corrected chi connectivity index (χ0v) is 15.6. The highest BCUT2D eigenvalue weighted by Gasteiger charge is 2.20. The van der Waals surface area contributed by atoms with Crippen molar-refractivity contribution in [2.45, 2.75) is 33.9 Å². The van der Waals surface area contributed by atoms with Gasteiger partial charge in [0.25, 0.3) is 5.56 Å². The Balaban J connectivity index is 2.21. The van der Waals surface area contributed by atoms with Crippen molar-refractivity contribution in [1.29, 1.82) is 0 Å². The molecule has 0 fully saturated rings. The fourth-order valence-electron chi connectivity index (χ4n) is 2.86. The Kier molecular flexibility index (Phi) is 5.66. The predicted octanol–water partition coefficient (Wildman–Crippen LogP) is 1.99. The third-order valence-electron chi connectivity index (χ3n) is 4.07. The van der Waals surface area contributed by atoms with Crippen LogP contribution in [0.5, 0.6) is 0 Å².